The third kappa shape index (κ3) is 3.14. The van der Waals surface area contributed by atoms with Crippen LogP contribution in [0.3, 0.4) is 0 Å². The van der Waals surface area contributed by atoms with Crippen LogP contribution in [0.15, 0.2) is 16.5 Å². The second-order valence-electron chi connectivity index (χ2n) is 4.95. The van der Waals surface area contributed by atoms with Gasteiger partial charge in [-0.2, -0.15) is 5.10 Å². The number of aromatic nitrogens is 2. The summed E-state index contributed by atoms with van der Waals surface area (Å²) < 4.78 is 6.98. The maximum Gasteiger partial charge on any atom is 0.320 e. The summed E-state index contributed by atoms with van der Waals surface area (Å²) in [6, 6.07) is 2.28. The van der Waals surface area contributed by atoms with Crippen LogP contribution in [0.4, 0.5) is 5.69 Å². The van der Waals surface area contributed by atoms with Crippen LogP contribution >= 0.6 is 0 Å². The van der Waals surface area contributed by atoms with E-state index in [1.54, 1.807) is 26.0 Å². The molecule has 118 valence electrons. The quantitative estimate of drug-likeness (QED) is 0.599. The van der Waals surface area contributed by atoms with Gasteiger partial charge in [-0.25, -0.2) is 0 Å². The van der Waals surface area contributed by atoms with Crippen molar-refractivity contribution < 1.29 is 19.2 Å². The maximum absolute atomic E-state index is 11.0. The van der Waals surface area contributed by atoms with E-state index in [0.29, 0.717) is 22.9 Å². The molecular weight excluding hydrogens is 292 g/mol. The zero-order valence-corrected chi connectivity index (χ0v) is 12.1. The molecule has 0 aromatic carbocycles. The van der Waals surface area contributed by atoms with Gasteiger partial charge in [-0.05, 0) is 26.0 Å². The zero-order valence-electron chi connectivity index (χ0n) is 12.1. The Balaban J connectivity index is 2.15. The minimum absolute atomic E-state index is 0.0142. The number of carboxylic acids is 1. The van der Waals surface area contributed by atoms with Gasteiger partial charge < -0.3 is 15.3 Å². The molecule has 22 heavy (non-hydrogen) atoms. The maximum atomic E-state index is 11.0. The monoisotopic (exact) mass is 308 g/mol. The van der Waals surface area contributed by atoms with E-state index in [2.05, 4.69) is 5.10 Å². The molecule has 0 aliphatic carbocycles. The lowest BCUT2D eigenvalue weighted by molar-refractivity contribution is -0.386. The van der Waals surface area contributed by atoms with Crippen LogP contribution < -0.4 is 5.73 Å². The first kappa shape index (κ1) is 15.7. The van der Waals surface area contributed by atoms with Gasteiger partial charge in [0.05, 0.1) is 11.5 Å². The summed E-state index contributed by atoms with van der Waals surface area (Å²) in [6.07, 6.45) is 0.0760. The number of nitro groups is 1. The fourth-order valence-electron chi connectivity index (χ4n) is 2.17. The first-order chi connectivity index (χ1) is 10.3. The molecule has 0 fully saturated rings. The Morgan fingerprint density at radius 1 is 1.50 bits per heavy atom. The van der Waals surface area contributed by atoms with Crippen LogP contribution in [0.1, 0.15) is 22.9 Å². The van der Waals surface area contributed by atoms with Crippen LogP contribution in [0.5, 0.6) is 0 Å². The normalized spacial score (nSPS) is 12.3. The molecule has 3 N–H and O–H groups in total. The smallest absolute Gasteiger partial charge is 0.320 e. The minimum atomic E-state index is -1.10. The van der Waals surface area contributed by atoms with Gasteiger partial charge in [-0.3, -0.25) is 19.6 Å². The highest BCUT2D eigenvalue weighted by molar-refractivity contribution is 5.73. The van der Waals surface area contributed by atoms with Crippen LogP contribution in [-0.4, -0.2) is 31.8 Å². The van der Waals surface area contributed by atoms with Gasteiger partial charge in [-0.15, -0.1) is 0 Å². The highest BCUT2D eigenvalue weighted by atomic mass is 16.6. The van der Waals surface area contributed by atoms with Gasteiger partial charge in [0.15, 0.2) is 0 Å². The lowest BCUT2D eigenvalue weighted by atomic mass is 10.2. The van der Waals surface area contributed by atoms with Crippen molar-refractivity contribution >= 4 is 11.7 Å². The lowest BCUT2D eigenvalue weighted by Crippen LogP contribution is -2.32. The van der Waals surface area contributed by atoms with Crippen molar-refractivity contribution in [2.24, 2.45) is 5.73 Å². The van der Waals surface area contributed by atoms with Gasteiger partial charge in [0.2, 0.25) is 0 Å². The molecule has 0 saturated carbocycles. The Bertz CT molecular complexity index is 718. The summed E-state index contributed by atoms with van der Waals surface area (Å²) in [4.78, 5) is 21.2. The molecule has 0 aliphatic rings. The predicted octanol–water partition coefficient (Wildman–Crippen LogP) is 1.00. The summed E-state index contributed by atoms with van der Waals surface area (Å²) in [7, 11) is 0. The third-order valence-corrected chi connectivity index (χ3v) is 3.29. The molecular formula is C13H16N4O5. The average Bonchev–Trinajstić information content (AvgIpc) is 2.95. The number of hydrogen-bond acceptors (Lipinski definition) is 6. The van der Waals surface area contributed by atoms with E-state index >= 15 is 0 Å². The number of carbonyl (C=O) groups is 1. The van der Waals surface area contributed by atoms with Crippen LogP contribution in [0, 0.1) is 24.0 Å². The van der Waals surface area contributed by atoms with Gasteiger partial charge >= 0.3 is 11.7 Å². The van der Waals surface area contributed by atoms with Crippen molar-refractivity contribution in [2.45, 2.75) is 32.9 Å². The molecule has 2 heterocycles. The molecule has 0 radical (unpaired) electrons. The van der Waals surface area contributed by atoms with E-state index in [4.69, 9.17) is 15.3 Å². The van der Waals surface area contributed by atoms with Crippen molar-refractivity contribution in [2.75, 3.05) is 0 Å². The second-order valence-corrected chi connectivity index (χ2v) is 4.95. The van der Waals surface area contributed by atoms with Gasteiger partial charge in [-0.1, -0.05) is 0 Å². The lowest BCUT2D eigenvalue weighted by Gasteiger charge is -2.03. The number of aryl methyl sites for hydroxylation is 1. The van der Waals surface area contributed by atoms with Crippen LogP contribution in [0.2, 0.25) is 0 Å². The Labute approximate surface area is 125 Å². The molecule has 2 aromatic rings. The van der Waals surface area contributed by atoms with E-state index in [1.165, 1.54) is 4.68 Å². The summed E-state index contributed by atoms with van der Waals surface area (Å²) in [5.41, 5.74) is 6.19. The largest absolute Gasteiger partial charge is 0.480 e. The van der Waals surface area contributed by atoms with E-state index in [1.807, 2.05) is 0 Å². The fourth-order valence-corrected chi connectivity index (χ4v) is 2.17. The van der Waals surface area contributed by atoms with E-state index < -0.39 is 16.9 Å². The van der Waals surface area contributed by atoms with Crippen molar-refractivity contribution in [1.29, 1.82) is 0 Å². The molecule has 0 spiro atoms. The van der Waals surface area contributed by atoms with E-state index in [0.717, 1.165) is 0 Å². The van der Waals surface area contributed by atoms with Crippen molar-refractivity contribution in [3.05, 3.63) is 45.2 Å². The average molecular weight is 308 g/mol. The zero-order chi connectivity index (χ0) is 16.4. The molecule has 1 atom stereocenters. The molecule has 2 rings (SSSR count). The van der Waals surface area contributed by atoms with Crippen LogP contribution in [0.25, 0.3) is 0 Å². The van der Waals surface area contributed by atoms with Crippen LogP contribution in [-0.2, 0) is 17.8 Å². The summed E-state index contributed by atoms with van der Waals surface area (Å²) in [5, 5.41) is 23.8. The number of nitrogens with two attached hydrogens (primary N) is 1. The Hall–Kier alpha value is -2.68. The Morgan fingerprint density at radius 3 is 2.68 bits per heavy atom. The highest BCUT2D eigenvalue weighted by Crippen LogP contribution is 2.23. The molecule has 0 bridgehead atoms. The first-order valence-electron chi connectivity index (χ1n) is 6.54. The van der Waals surface area contributed by atoms with Gasteiger partial charge in [0.25, 0.3) is 0 Å². The number of hydrogen-bond donors (Lipinski definition) is 2. The summed E-state index contributed by atoms with van der Waals surface area (Å²) in [6.45, 7) is 3.41. The first-order valence-corrected chi connectivity index (χ1v) is 6.54. The SMILES string of the molecule is Cc1nn(Cc2ccc(CC(N)C(=O)O)o2)c(C)c1[N+](=O)[O-]. The van der Waals surface area contributed by atoms with Crippen molar-refractivity contribution in [3.8, 4) is 0 Å². The summed E-state index contributed by atoms with van der Waals surface area (Å²) >= 11 is 0. The van der Waals surface area contributed by atoms with Gasteiger partial charge in [0, 0.05) is 6.42 Å². The molecule has 2 aromatic heterocycles. The highest BCUT2D eigenvalue weighted by Gasteiger charge is 2.22. The molecule has 0 amide bonds. The molecule has 0 saturated heterocycles. The molecule has 9 heteroatoms. The molecule has 1 unspecified atom stereocenters. The molecule has 0 aliphatic heterocycles. The summed E-state index contributed by atoms with van der Waals surface area (Å²) in [5.74, 6) is -0.138. The van der Waals surface area contributed by atoms with E-state index in [9.17, 15) is 14.9 Å². The standard InChI is InChI=1S/C13H16N4O5/c1-7-12(17(20)21)8(2)16(15-7)6-10-4-3-9(22-10)5-11(14)13(18)19/h3-4,11H,5-6,14H2,1-2H3,(H,18,19). The van der Waals surface area contributed by atoms with Gasteiger partial charge in [0.1, 0.15) is 29.0 Å². The number of aliphatic carboxylic acids is 1. The number of rotatable bonds is 6. The second kappa shape index (κ2) is 5.98. The number of furan rings is 1. The Kier molecular flexibility index (Phi) is 4.27. The topological polar surface area (TPSA) is 137 Å². The molecule has 9 nitrogen and oxygen atoms in total. The van der Waals surface area contributed by atoms with E-state index in [-0.39, 0.29) is 18.7 Å². The van der Waals surface area contributed by atoms with Crippen molar-refractivity contribution in [3.63, 3.8) is 0 Å². The number of nitrogens with zero attached hydrogens (tertiary/aromatic N) is 3. The number of carboxylic acid groups (broad SMARTS) is 1. The fraction of sp³-hybridized carbons (Fsp3) is 0.385. The Morgan fingerprint density at radius 2 is 2.14 bits per heavy atom. The third-order valence-electron chi connectivity index (χ3n) is 3.29. The predicted molar refractivity (Wildman–Crippen MR) is 75.5 cm³/mol. The van der Waals surface area contributed by atoms with Crippen molar-refractivity contribution in [1.82, 2.24) is 9.78 Å². The minimum Gasteiger partial charge on any atom is -0.480 e.